The average Bonchev–Trinajstić information content (AvgIpc) is 3.67. The van der Waals surface area contributed by atoms with Crippen LogP contribution in [-0.2, 0) is 4.79 Å². The van der Waals surface area contributed by atoms with Crippen molar-refractivity contribution in [3.63, 3.8) is 0 Å². The summed E-state index contributed by atoms with van der Waals surface area (Å²) in [6.07, 6.45) is 5.09. The molecule has 0 bridgehead atoms. The minimum Gasteiger partial charge on any atom is -0.475 e. The Hall–Kier alpha value is -3.56. The molecular weight excluding hydrogens is 553 g/mol. The van der Waals surface area contributed by atoms with Gasteiger partial charge in [0, 0.05) is 53.6 Å². The second-order valence-corrected chi connectivity index (χ2v) is 11.8. The fraction of sp³-hybridized carbons (Fsp3) is 0.375. The Morgan fingerprint density at radius 3 is 2.49 bits per heavy atom. The maximum atomic E-state index is 10.6. The largest absolute Gasteiger partial charge is 0.490 e. The number of fused-ring (bicyclic) bond motifs is 2. The summed E-state index contributed by atoms with van der Waals surface area (Å²) in [5.41, 5.74) is 4.46. The predicted octanol–water partition coefficient (Wildman–Crippen LogP) is 4.85. The van der Waals surface area contributed by atoms with Crippen LogP contribution in [0.25, 0.3) is 42.4 Å². The average molecular weight is 577 g/mol. The van der Waals surface area contributed by atoms with Crippen molar-refractivity contribution >= 4 is 54.3 Å². The smallest absolute Gasteiger partial charge is 0.475 e. The fourth-order valence-electron chi connectivity index (χ4n) is 5.02. The second-order valence-electron chi connectivity index (χ2n) is 9.86. The first-order valence-corrected chi connectivity index (χ1v) is 13.7. The van der Waals surface area contributed by atoms with E-state index in [2.05, 4.69) is 38.1 Å². The third kappa shape index (κ3) is 4.85. The number of aliphatic carboxylic acids is 1. The molecule has 1 spiro atoms. The summed E-state index contributed by atoms with van der Waals surface area (Å²) in [6.45, 7) is 4.69. The van der Waals surface area contributed by atoms with Gasteiger partial charge in [-0.1, -0.05) is 22.7 Å². The van der Waals surface area contributed by atoms with Gasteiger partial charge in [-0.2, -0.15) is 18.3 Å². The minimum atomic E-state index is -5.08. The lowest BCUT2D eigenvalue weighted by Crippen LogP contribution is -2.60. The molecule has 5 aromatic rings. The lowest BCUT2D eigenvalue weighted by molar-refractivity contribution is -0.192. The van der Waals surface area contributed by atoms with E-state index in [1.165, 1.54) is 25.9 Å². The van der Waals surface area contributed by atoms with Gasteiger partial charge in [0.05, 0.1) is 11.7 Å². The molecule has 0 unspecified atom stereocenters. The summed E-state index contributed by atoms with van der Waals surface area (Å²) < 4.78 is 31.7. The molecule has 0 aromatic carbocycles. The van der Waals surface area contributed by atoms with Crippen LogP contribution in [0.5, 0.6) is 0 Å². The first-order chi connectivity index (χ1) is 18.6. The Morgan fingerprint density at radius 1 is 1.13 bits per heavy atom. The van der Waals surface area contributed by atoms with Gasteiger partial charge in [-0.3, -0.25) is 10.1 Å². The second kappa shape index (κ2) is 9.57. The number of carbonyl (C=O) groups is 1. The third-order valence-corrected chi connectivity index (χ3v) is 9.28. The number of hydrogen-bond acceptors (Lipinski definition) is 9. The van der Waals surface area contributed by atoms with Crippen molar-refractivity contribution in [2.24, 2.45) is 5.41 Å². The van der Waals surface area contributed by atoms with Gasteiger partial charge in [-0.15, -0.1) is 0 Å². The number of H-pyrrole nitrogens is 2. The Morgan fingerprint density at radius 2 is 1.85 bits per heavy atom. The van der Waals surface area contributed by atoms with Gasteiger partial charge in [-0.25, -0.2) is 14.8 Å². The number of aromatic amines is 2. The van der Waals surface area contributed by atoms with Crippen molar-refractivity contribution in [3.8, 4) is 21.8 Å². The number of carboxylic acid groups (broad SMARTS) is 1. The van der Waals surface area contributed by atoms with Crippen molar-refractivity contribution in [1.82, 2.24) is 35.0 Å². The van der Waals surface area contributed by atoms with Crippen molar-refractivity contribution < 1.29 is 23.1 Å². The number of nitrogens with one attached hydrogen (secondary N) is 2. The molecule has 7 heterocycles. The van der Waals surface area contributed by atoms with E-state index in [0.717, 1.165) is 60.6 Å². The summed E-state index contributed by atoms with van der Waals surface area (Å²) in [7, 11) is 2.22. The molecule has 15 heteroatoms. The van der Waals surface area contributed by atoms with Gasteiger partial charge >= 0.3 is 12.1 Å². The molecule has 204 valence electrons. The van der Waals surface area contributed by atoms with E-state index in [1.54, 1.807) is 22.7 Å². The molecule has 2 aliphatic rings. The molecule has 39 heavy (non-hydrogen) atoms. The van der Waals surface area contributed by atoms with Crippen LogP contribution in [0.4, 0.5) is 18.3 Å². The van der Waals surface area contributed by atoms with Crippen molar-refractivity contribution in [1.29, 1.82) is 0 Å². The molecule has 2 aliphatic heterocycles. The molecule has 0 atom stereocenters. The van der Waals surface area contributed by atoms with E-state index in [0.29, 0.717) is 5.41 Å². The summed E-state index contributed by atoms with van der Waals surface area (Å²) >= 11 is 3.33. The standard InChI is InChI=1S/C22H22N8S2.C2HF3O2/c1-29-6-3-22(4-7-29)11-30(12-22)21-28-20-19(32-21)27-18(31-20)17-16-14(2-5-23-16)15(10-24-17)13-8-25-26-9-13;3-2(4,5)1(6)7/h2,5,8-10,23H,3-4,6-7,11-12H2,1H3,(H,25,26);(H,6,7). The number of pyridine rings is 1. The highest BCUT2D eigenvalue weighted by molar-refractivity contribution is 7.29. The summed E-state index contributed by atoms with van der Waals surface area (Å²) in [4.78, 5) is 33.8. The molecule has 0 saturated carbocycles. The molecule has 5 aromatic heterocycles. The number of piperidine rings is 1. The number of nitrogens with zero attached hydrogens (tertiary/aromatic N) is 6. The number of aromatic nitrogens is 6. The summed E-state index contributed by atoms with van der Waals surface area (Å²) in [5.74, 6) is -2.76. The Kier molecular flexibility index (Phi) is 6.31. The van der Waals surface area contributed by atoms with E-state index in [1.807, 2.05) is 24.8 Å². The first-order valence-electron chi connectivity index (χ1n) is 12.1. The van der Waals surface area contributed by atoms with Gasteiger partial charge in [0.25, 0.3) is 0 Å². The number of likely N-dealkylation sites (tertiary alicyclic amines) is 1. The summed E-state index contributed by atoms with van der Waals surface area (Å²) in [6, 6.07) is 2.08. The van der Waals surface area contributed by atoms with Crippen LogP contribution in [0.1, 0.15) is 12.8 Å². The van der Waals surface area contributed by atoms with E-state index in [-0.39, 0.29) is 0 Å². The molecule has 3 N–H and O–H groups in total. The number of rotatable bonds is 3. The minimum absolute atomic E-state index is 0.504. The van der Waals surface area contributed by atoms with Gasteiger partial charge in [0.15, 0.2) is 14.8 Å². The van der Waals surface area contributed by atoms with Crippen molar-refractivity contribution in [3.05, 3.63) is 30.9 Å². The molecule has 7 rings (SSSR count). The monoisotopic (exact) mass is 576 g/mol. The SMILES string of the molecule is CN1CCC2(CC1)CN(c1nc3sc(-c4ncc(-c5cn[nH]c5)c5cc[nH]c45)nc3s1)C2.O=C(O)C(F)(F)F. The molecule has 10 nitrogen and oxygen atoms in total. The van der Waals surface area contributed by atoms with Crippen LogP contribution >= 0.6 is 22.7 Å². The van der Waals surface area contributed by atoms with Crippen LogP contribution in [0.3, 0.4) is 0 Å². The van der Waals surface area contributed by atoms with E-state index in [9.17, 15) is 13.2 Å². The number of hydrogen-bond donors (Lipinski definition) is 3. The van der Waals surface area contributed by atoms with Crippen LogP contribution in [-0.4, -0.2) is 85.5 Å². The molecule has 0 amide bonds. The maximum absolute atomic E-state index is 10.6. The highest BCUT2D eigenvalue weighted by atomic mass is 32.1. The zero-order valence-electron chi connectivity index (χ0n) is 20.6. The molecular formula is C24H23F3N8O2S2. The van der Waals surface area contributed by atoms with Crippen LogP contribution in [0.2, 0.25) is 0 Å². The summed E-state index contributed by atoms with van der Waals surface area (Å²) in [5, 5.41) is 17.2. The van der Waals surface area contributed by atoms with Crippen molar-refractivity contribution in [2.75, 3.05) is 38.1 Å². The fourth-order valence-corrected chi connectivity index (χ4v) is 7.06. The zero-order chi connectivity index (χ0) is 27.4. The third-order valence-electron chi connectivity index (χ3n) is 7.19. The van der Waals surface area contributed by atoms with Crippen LogP contribution in [0, 0.1) is 5.41 Å². The Labute approximate surface area is 227 Å². The number of halogens is 3. The quantitative estimate of drug-likeness (QED) is 0.278. The van der Waals surface area contributed by atoms with Gasteiger partial charge in [-0.05, 0) is 39.0 Å². The zero-order valence-corrected chi connectivity index (χ0v) is 22.3. The highest BCUT2D eigenvalue weighted by Gasteiger charge is 2.45. The normalized spacial score (nSPS) is 17.4. The van der Waals surface area contributed by atoms with E-state index >= 15 is 0 Å². The number of alkyl halides is 3. The number of anilines is 1. The molecule has 2 saturated heterocycles. The van der Waals surface area contributed by atoms with Crippen molar-refractivity contribution in [2.45, 2.75) is 19.0 Å². The predicted molar refractivity (Wildman–Crippen MR) is 143 cm³/mol. The van der Waals surface area contributed by atoms with Crippen LogP contribution < -0.4 is 4.90 Å². The van der Waals surface area contributed by atoms with Gasteiger partial charge in [0.1, 0.15) is 10.7 Å². The van der Waals surface area contributed by atoms with Crippen LogP contribution in [0.15, 0.2) is 30.9 Å². The topological polar surface area (TPSA) is 127 Å². The van der Waals surface area contributed by atoms with E-state index in [4.69, 9.17) is 24.9 Å². The van der Waals surface area contributed by atoms with Gasteiger partial charge < -0.3 is 19.9 Å². The first kappa shape index (κ1) is 25.7. The number of carboxylic acids is 1. The van der Waals surface area contributed by atoms with Gasteiger partial charge in [0.2, 0.25) is 0 Å². The molecule has 0 aliphatic carbocycles. The molecule has 0 radical (unpaired) electrons. The van der Waals surface area contributed by atoms with E-state index < -0.39 is 12.1 Å². The molecule has 2 fully saturated rings. The number of thiazole rings is 2. The lowest BCUT2D eigenvalue weighted by atomic mass is 9.72. The maximum Gasteiger partial charge on any atom is 0.490 e. The Bertz CT molecular complexity index is 1590. The lowest BCUT2D eigenvalue weighted by Gasteiger charge is -2.53. The highest BCUT2D eigenvalue weighted by Crippen LogP contribution is 2.45. The Balaban J connectivity index is 0.000000353.